The van der Waals surface area contributed by atoms with Gasteiger partial charge in [0.1, 0.15) is 4.90 Å². The molecule has 0 radical (unpaired) electrons. The van der Waals surface area contributed by atoms with Crippen molar-refractivity contribution in [1.82, 2.24) is 4.98 Å². The van der Waals surface area contributed by atoms with Gasteiger partial charge in [-0.25, -0.2) is 4.21 Å². The van der Waals surface area contributed by atoms with Gasteiger partial charge in [-0.15, -0.1) is 0 Å². The molecule has 1 atom stereocenters. The van der Waals surface area contributed by atoms with Crippen LogP contribution in [0, 0.1) is 10.1 Å². The predicted molar refractivity (Wildman–Crippen MR) is 57.4 cm³/mol. The second-order valence-electron chi connectivity index (χ2n) is 2.99. The van der Waals surface area contributed by atoms with E-state index in [4.69, 9.17) is 4.55 Å². The van der Waals surface area contributed by atoms with Crippen LogP contribution in [0.2, 0.25) is 0 Å². The molecule has 1 heterocycles. The van der Waals surface area contributed by atoms with Gasteiger partial charge < -0.3 is 4.55 Å². The number of rotatable bonds is 2. The largest absolute Gasteiger partial charge is 0.302 e. The molecule has 0 bridgehead atoms. The molecule has 82 valence electrons. The molecular formula is C9H6N2O4S. The van der Waals surface area contributed by atoms with Crippen molar-refractivity contribution < 1.29 is 13.7 Å². The van der Waals surface area contributed by atoms with Gasteiger partial charge in [0.2, 0.25) is 0 Å². The van der Waals surface area contributed by atoms with Crippen molar-refractivity contribution in [3.63, 3.8) is 0 Å². The lowest BCUT2D eigenvalue weighted by molar-refractivity contribution is -0.386. The van der Waals surface area contributed by atoms with Crippen LogP contribution < -0.4 is 0 Å². The zero-order chi connectivity index (χ0) is 11.7. The molecule has 2 rings (SSSR count). The first kappa shape index (κ1) is 10.7. The SMILES string of the molecule is O=[N+]([O-])c1c(S(=O)O)ccc2ncccc12. The third kappa shape index (κ3) is 1.66. The minimum absolute atomic E-state index is 0.217. The van der Waals surface area contributed by atoms with Crippen molar-refractivity contribution in [1.29, 1.82) is 0 Å². The highest BCUT2D eigenvalue weighted by Gasteiger charge is 2.22. The first-order valence-electron chi connectivity index (χ1n) is 4.24. The maximum Gasteiger partial charge on any atom is 0.297 e. The second-order valence-corrected chi connectivity index (χ2v) is 3.93. The number of pyridine rings is 1. The molecule has 16 heavy (non-hydrogen) atoms. The number of aromatic nitrogens is 1. The van der Waals surface area contributed by atoms with Crippen LogP contribution in [0.3, 0.4) is 0 Å². The van der Waals surface area contributed by atoms with E-state index in [-0.39, 0.29) is 16.0 Å². The summed E-state index contributed by atoms with van der Waals surface area (Å²) in [6.07, 6.45) is 1.50. The average molecular weight is 238 g/mol. The summed E-state index contributed by atoms with van der Waals surface area (Å²) >= 11 is -2.39. The topological polar surface area (TPSA) is 93.3 Å². The van der Waals surface area contributed by atoms with E-state index in [2.05, 4.69) is 4.98 Å². The summed E-state index contributed by atoms with van der Waals surface area (Å²) in [5, 5.41) is 11.1. The van der Waals surface area contributed by atoms with Gasteiger partial charge in [0.15, 0.2) is 11.1 Å². The molecule has 0 saturated carbocycles. The molecule has 1 unspecified atom stereocenters. The highest BCUT2D eigenvalue weighted by atomic mass is 32.2. The summed E-state index contributed by atoms with van der Waals surface area (Å²) in [6, 6.07) is 5.76. The van der Waals surface area contributed by atoms with E-state index in [1.165, 1.54) is 24.4 Å². The Kier molecular flexibility index (Phi) is 2.63. The highest BCUT2D eigenvalue weighted by Crippen LogP contribution is 2.29. The number of nitrogens with zero attached hydrogens (tertiary/aromatic N) is 2. The Hall–Kier alpha value is -1.86. The smallest absolute Gasteiger partial charge is 0.297 e. The lowest BCUT2D eigenvalue weighted by Crippen LogP contribution is -1.98. The summed E-state index contributed by atoms with van der Waals surface area (Å²) in [4.78, 5) is 13.9. The molecular weight excluding hydrogens is 232 g/mol. The molecule has 0 aliphatic heterocycles. The van der Waals surface area contributed by atoms with Gasteiger partial charge in [0.05, 0.1) is 15.8 Å². The minimum Gasteiger partial charge on any atom is -0.302 e. The molecule has 0 saturated heterocycles. The predicted octanol–water partition coefficient (Wildman–Crippen LogP) is 1.72. The van der Waals surface area contributed by atoms with Crippen molar-refractivity contribution in [2.24, 2.45) is 0 Å². The maximum absolute atomic E-state index is 11.0. The molecule has 7 heteroatoms. The van der Waals surface area contributed by atoms with Gasteiger partial charge in [-0.2, -0.15) is 0 Å². The second kappa shape index (κ2) is 3.95. The zero-order valence-electron chi connectivity index (χ0n) is 7.86. The van der Waals surface area contributed by atoms with Crippen molar-refractivity contribution in [3.05, 3.63) is 40.6 Å². The standard InChI is InChI=1S/C9H6N2O4S/c12-11(13)9-6-2-1-5-10-7(6)3-4-8(9)16(14)15/h1-5H,(H,14,15). The van der Waals surface area contributed by atoms with Crippen LogP contribution in [0.5, 0.6) is 0 Å². The quantitative estimate of drug-likeness (QED) is 0.488. The summed E-state index contributed by atoms with van der Waals surface area (Å²) in [7, 11) is 0. The Morgan fingerprint density at radius 1 is 1.38 bits per heavy atom. The third-order valence-corrected chi connectivity index (χ3v) is 2.80. The summed E-state index contributed by atoms with van der Waals surface area (Å²) in [5.41, 5.74) is 0.0508. The van der Waals surface area contributed by atoms with Crippen LogP contribution in [-0.4, -0.2) is 18.7 Å². The van der Waals surface area contributed by atoms with E-state index in [0.717, 1.165) is 0 Å². The number of nitro benzene ring substituents is 1. The monoisotopic (exact) mass is 238 g/mol. The molecule has 0 spiro atoms. The normalized spacial score (nSPS) is 12.6. The molecule has 0 aliphatic carbocycles. The van der Waals surface area contributed by atoms with Crippen LogP contribution in [0.15, 0.2) is 35.4 Å². The minimum atomic E-state index is -2.39. The number of fused-ring (bicyclic) bond motifs is 1. The molecule has 1 aromatic carbocycles. The van der Waals surface area contributed by atoms with Crippen LogP contribution >= 0.6 is 0 Å². The molecule has 0 amide bonds. The van der Waals surface area contributed by atoms with Crippen molar-refractivity contribution in [2.75, 3.05) is 0 Å². The fourth-order valence-electron chi connectivity index (χ4n) is 1.45. The number of hydrogen-bond donors (Lipinski definition) is 1. The molecule has 1 aromatic heterocycles. The van der Waals surface area contributed by atoms with E-state index in [9.17, 15) is 14.3 Å². The molecule has 0 fully saturated rings. The lowest BCUT2D eigenvalue weighted by atomic mass is 10.2. The Labute approximate surface area is 92.4 Å². The number of benzene rings is 1. The fraction of sp³-hybridized carbons (Fsp3) is 0. The van der Waals surface area contributed by atoms with Crippen LogP contribution in [0.25, 0.3) is 10.9 Å². The first-order chi connectivity index (χ1) is 7.61. The van der Waals surface area contributed by atoms with Gasteiger partial charge in [0, 0.05) is 6.20 Å². The van der Waals surface area contributed by atoms with Crippen molar-refractivity contribution >= 4 is 27.7 Å². The summed E-state index contributed by atoms with van der Waals surface area (Å²) < 4.78 is 19.9. The van der Waals surface area contributed by atoms with Crippen molar-refractivity contribution in [2.45, 2.75) is 4.90 Å². The van der Waals surface area contributed by atoms with Gasteiger partial charge >= 0.3 is 0 Å². The summed E-state index contributed by atoms with van der Waals surface area (Å²) in [5.74, 6) is 0. The van der Waals surface area contributed by atoms with Gasteiger partial charge in [-0.1, -0.05) is 0 Å². The Balaban J connectivity index is 2.90. The zero-order valence-corrected chi connectivity index (χ0v) is 8.68. The Bertz CT molecular complexity index is 599. The van der Waals surface area contributed by atoms with E-state index in [1.54, 1.807) is 6.07 Å². The fourth-order valence-corrected chi connectivity index (χ4v) is 1.98. The van der Waals surface area contributed by atoms with Gasteiger partial charge in [0.25, 0.3) is 5.69 Å². The van der Waals surface area contributed by atoms with Crippen LogP contribution in [0.4, 0.5) is 5.69 Å². The first-order valence-corrected chi connectivity index (χ1v) is 5.35. The maximum atomic E-state index is 11.0. The van der Waals surface area contributed by atoms with Gasteiger partial charge in [-0.3, -0.25) is 15.1 Å². The molecule has 1 N–H and O–H groups in total. The van der Waals surface area contributed by atoms with E-state index >= 15 is 0 Å². The Morgan fingerprint density at radius 2 is 2.12 bits per heavy atom. The third-order valence-electron chi connectivity index (χ3n) is 2.09. The van der Waals surface area contributed by atoms with E-state index < -0.39 is 16.0 Å². The molecule has 6 nitrogen and oxygen atoms in total. The number of nitro groups is 1. The molecule has 2 aromatic rings. The average Bonchev–Trinajstić information content (AvgIpc) is 2.27. The van der Waals surface area contributed by atoms with Crippen LogP contribution in [-0.2, 0) is 11.1 Å². The van der Waals surface area contributed by atoms with Gasteiger partial charge in [-0.05, 0) is 24.3 Å². The van der Waals surface area contributed by atoms with Crippen molar-refractivity contribution in [3.8, 4) is 0 Å². The number of hydrogen-bond acceptors (Lipinski definition) is 4. The highest BCUT2D eigenvalue weighted by molar-refractivity contribution is 7.79. The molecule has 0 aliphatic rings. The Morgan fingerprint density at radius 3 is 2.75 bits per heavy atom. The van der Waals surface area contributed by atoms with Crippen LogP contribution in [0.1, 0.15) is 0 Å². The van der Waals surface area contributed by atoms with E-state index in [0.29, 0.717) is 5.52 Å². The summed E-state index contributed by atoms with van der Waals surface area (Å²) in [6.45, 7) is 0. The van der Waals surface area contributed by atoms with E-state index in [1.807, 2.05) is 0 Å². The lowest BCUT2D eigenvalue weighted by Gasteiger charge is -2.01.